The molecule has 0 bridgehead atoms. The first-order chi connectivity index (χ1) is 9.60. The SMILES string of the molecule is Cc1nc(NC(=O)Cc2cc3cc(Cl)ccc3[nH]2)n[nH]1. The molecule has 102 valence electrons. The number of aryl methyl sites for hydroxylation is 1. The van der Waals surface area contributed by atoms with Gasteiger partial charge < -0.3 is 4.98 Å². The Kier molecular flexibility index (Phi) is 3.15. The number of rotatable bonds is 3. The van der Waals surface area contributed by atoms with E-state index in [1.54, 1.807) is 13.0 Å². The predicted molar refractivity (Wildman–Crippen MR) is 76.8 cm³/mol. The smallest absolute Gasteiger partial charge is 0.248 e. The first-order valence-corrected chi connectivity index (χ1v) is 6.44. The van der Waals surface area contributed by atoms with Crippen LogP contribution in [0.15, 0.2) is 24.3 Å². The molecule has 0 aliphatic rings. The number of benzene rings is 1. The zero-order chi connectivity index (χ0) is 14.1. The lowest BCUT2D eigenvalue weighted by Gasteiger charge is -1.98. The van der Waals surface area contributed by atoms with E-state index >= 15 is 0 Å². The number of hydrogen-bond donors (Lipinski definition) is 3. The van der Waals surface area contributed by atoms with Gasteiger partial charge in [0.05, 0.1) is 6.42 Å². The molecule has 2 aromatic heterocycles. The maximum Gasteiger partial charge on any atom is 0.248 e. The fourth-order valence-corrected chi connectivity index (χ4v) is 2.18. The van der Waals surface area contributed by atoms with Gasteiger partial charge in [-0.2, -0.15) is 4.98 Å². The van der Waals surface area contributed by atoms with Crippen LogP contribution in [0.2, 0.25) is 5.02 Å². The van der Waals surface area contributed by atoms with Gasteiger partial charge in [0, 0.05) is 21.6 Å². The van der Waals surface area contributed by atoms with Crippen molar-refractivity contribution < 1.29 is 4.79 Å². The van der Waals surface area contributed by atoms with Crippen molar-refractivity contribution in [3.8, 4) is 0 Å². The van der Waals surface area contributed by atoms with E-state index in [0.29, 0.717) is 10.8 Å². The molecular formula is C13H12ClN5O. The minimum atomic E-state index is -0.179. The molecule has 0 saturated heterocycles. The molecular weight excluding hydrogens is 278 g/mol. The second-order valence-electron chi connectivity index (χ2n) is 4.50. The second-order valence-corrected chi connectivity index (χ2v) is 4.93. The predicted octanol–water partition coefficient (Wildman–Crippen LogP) is 2.43. The fraction of sp³-hybridized carbons (Fsp3) is 0.154. The van der Waals surface area contributed by atoms with Crippen LogP contribution in [0.3, 0.4) is 0 Å². The number of amides is 1. The molecule has 7 heteroatoms. The monoisotopic (exact) mass is 289 g/mol. The second kappa shape index (κ2) is 4.97. The number of halogens is 1. The highest BCUT2D eigenvalue weighted by Crippen LogP contribution is 2.20. The summed E-state index contributed by atoms with van der Waals surface area (Å²) in [4.78, 5) is 19.1. The quantitative estimate of drug-likeness (QED) is 0.692. The third kappa shape index (κ3) is 2.65. The summed E-state index contributed by atoms with van der Waals surface area (Å²) in [6, 6.07) is 7.45. The number of nitrogens with zero attached hydrogens (tertiary/aromatic N) is 2. The van der Waals surface area contributed by atoms with E-state index in [1.807, 2.05) is 18.2 Å². The largest absolute Gasteiger partial charge is 0.358 e. The van der Waals surface area contributed by atoms with Crippen molar-refractivity contribution in [1.29, 1.82) is 0 Å². The summed E-state index contributed by atoms with van der Waals surface area (Å²) < 4.78 is 0. The van der Waals surface area contributed by atoms with E-state index in [9.17, 15) is 4.79 Å². The minimum absolute atomic E-state index is 0.179. The molecule has 0 radical (unpaired) electrons. The van der Waals surface area contributed by atoms with Crippen molar-refractivity contribution in [2.45, 2.75) is 13.3 Å². The zero-order valence-electron chi connectivity index (χ0n) is 10.7. The highest BCUT2D eigenvalue weighted by molar-refractivity contribution is 6.31. The van der Waals surface area contributed by atoms with Gasteiger partial charge >= 0.3 is 0 Å². The average Bonchev–Trinajstić information content (AvgIpc) is 2.94. The molecule has 20 heavy (non-hydrogen) atoms. The first-order valence-electron chi connectivity index (χ1n) is 6.06. The normalized spacial score (nSPS) is 10.9. The maximum absolute atomic E-state index is 11.9. The molecule has 3 rings (SSSR count). The van der Waals surface area contributed by atoms with Gasteiger partial charge in [0.1, 0.15) is 5.82 Å². The van der Waals surface area contributed by atoms with E-state index in [4.69, 9.17) is 11.6 Å². The lowest BCUT2D eigenvalue weighted by Crippen LogP contribution is -2.15. The number of fused-ring (bicyclic) bond motifs is 1. The summed E-state index contributed by atoms with van der Waals surface area (Å²) in [5.41, 5.74) is 1.76. The summed E-state index contributed by atoms with van der Waals surface area (Å²) in [7, 11) is 0. The fourth-order valence-electron chi connectivity index (χ4n) is 2.00. The Hall–Kier alpha value is -2.34. The van der Waals surface area contributed by atoms with E-state index in [2.05, 4.69) is 25.5 Å². The third-order valence-corrected chi connectivity index (χ3v) is 3.07. The van der Waals surface area contributed by atoms with Crippen molar-refractivity contribution in [3.05, 3.63) is 40.8 Å². The van der Waals surface area contributed by atoms with Crippen LogP contribution < -0.4 is 5.32 Å². The van der Waals surface area contributed by atoms with Crippen LogP contribution in [0.1, 0.15) is 11.5 Å². The molecule has 3 N–H and O–H groups in total. The molecule has 0 saturated carbocycles. The standard InChI is InChI=1S/C13H12ClN5O/c1-7-15-13(19-18-7)17-12(20)6-10-5-8-4-9(14)2-3-11(8)16-10/h2-5,16H,6H2,1H3,(H2,15,17,18,19,20). The number of aromatic amines is 2. The van der Waals surface area contributed by atoms with Crippen molar-refractivity contribution in [2.75, 3.05) is 5.32 Å². The van der Waals surface area contributed by atoms with Gasteiger partial charge in [-0.05, 0) is 31.2 Å². The number of carbonyl (C=O) groups is 1. The number of aromatic nitrogens is 4. The first kappa shape index (κ1) is 12.7. The summed E-state index contributed by atoms with van der Waals surface area (Å²) in [5, 5.41) is 10.8. The lowest BCUT2D eigenvalue weighted by molar-refractivity contribution is -0.115. The van der Waals surface area contributed by atoms with Gasteiger partial charge in [0.15, 0.2) is 0 Å². The molecule has 2 heterocycles. The van der Waals surface area contributed by atoms with E-state index in [-0.39, 0.29) is 18.3 Å². The number of H-pyrrole nitrogens is 2. The molecule has 1 amide bonds. The summed E-state index contributed by atoms with van der Waals surface area (Å²) >= 11 is 5.93. The van der Waals surface area contributed by atoms with Crippen LogP contribution in [0, 0.1) is 6.92 Å². The Morgan fingerprint density at radius 1 is 1.40 bits per heavy atom. The van der Waals surface area contributed by atoms with Gasteiger partial charge in [0.2, 0.25) is 11.9 Å². The Morgan fingerprint density at radius 2 is 2.25 bits per heavy atom. The van der Waals surface area contributed by atoms with Crippen molar-refractivity contribution >= 4 is 34.4 Å². The molecule has 0 spiro atoms. The number of nitrogens with one attached hydrogen (secondary N) is 3. The van der Waals surface area contributed by atoms with Gasteiger partial charge in [-0.1, -0.05) is 11.6 Å². The molecule has 6 nitrogen and oxygen atoms in total. The Bertz CT molecular complexity index is 776. The van der Waals surface area contributed by atoms with E-state index < -0.39 is 0 Å². The van der Waals surface area contributed by atoms with Crippen molar-refractivity contribution in [2.24, 2.45) is 0 Å². The molecule has 1 aromatic carbocycles. The summed E-state index contributed by atoms with van der Waals surface area (Å²) in [5.74, 6) is 0.758. The number of hydrogen-bond acceptors (Lipinski definition) is 3. The lowest BCUT2D eigenvalue weighted by atomic mass is 10.2. The van der Waals surface area contributed by atoms with Crippen LogP contribution >= 0.6 is 11.6 Å². The molecule has 3 aromatic rings. The van der Waals surface area contributed by atoms with E-state index in [1.165, 1.54) is 0 Å². The van der Waals surface area contributed by atoms with Crippen LogP contribution in [-0.4, -0.2) is 26.1 Å². The van der Waals surface area contributed by atoms with Gasteiger partial charge in [0.25, 0.3) is 0 Å². The molecule has 0 fully saturated rings. The number of carbonyl (C=O) groups excluding carboxylic acids is 1. The Morgan fingerprint density at radius 3 is 3.00 bits per heavy atom. The van der Waals surface area contributed by atoms with Crippen molar-refractivity contribution in [1.82, 2.24) is 20.2 Å². The zero-order valence-corrected chi connectivity index (χ0v) is 11.5. The summed E-state index contributed by atoms with van der Waals surface area (Å²) in [6.45, 7) is 1.77. The van der Waals surface area contributed by atoms with Crippen LogP contribution in [0.5, 0.6) is 0 Å². The third-order valence-electron chi connectivity index (χ3n) is 2.84. The Balaban J connectivity index is 1.73. The van der Waals surface area contributed by atoms with Crippen molar-refractivity contribution in [3.63, 3.8) is 0 Å². The highest BCUT2D eigenvalue weighted by Gasteiger charge is 2.09. The highest BCUT2D eigenvalue weighted by atomic mass is 35.5. The maximum atomic E-state index is 11.9. The van der Waals surface area contributed by atoms with E-state index in [0.717, 1.165) is 16.6 Å². The van der Waals surface area contributed by atoms with Crippen LogP contribution in [0.4, 0.5) is 5.95 Å². The van der Waals surface area contributed by atoms with Gasteiger partial charge in [-0.3, -0.25) is 15.2 Å². The minimum Gasteiger partial charge on any atom is -0.358 e. The topological polar surface area (TPSA) is 86.5 Å². The van der Waals surface area contributed by atoms with Crippen LogP contribution in [0.25, 0.3) is 10.9 Å². The average molecular weight is 290 g/mol. The molecule has 0 aliphatic heterocycles. The number of anilines is 1. The molecule has 0 aliphatic carbocycles. The van der Waals surface area contributed by atoms with Crippen LogP contribution in [-0.2, 0) is 11.2 Å². The Labute approximate surface area is 119 Å². The molecule has 0 unspecified atom stereocenters. The van der Waals surface area contributed by atoms with Gasteiger partial charge in [-0.15, -0.1) is 5.10 Å². The summed E-state index contributed by atoms with van der Waals surface area (Å²) in [6.07, 6.45) is 0.222. The van der Waals surface area contributed by atoms with Gasteiger partial charge in [-0.25, -0.2) is 0 Å². The molecule has 0 atom stereocenters.